The molecule has 5 nitrogen and oxygen atoms in total. The second kappa shape index (κ2) is 9.86. The summed E-state index contributed by atoms with van der Waals surface area (Å²) < 4.78 is 38.7. The number of ketones is 1. The average molecular weight is 406 g/mol. The van der Waals surface area contributed by atoms with Crippen LogP contribution in [0.5, 0.6) is 0 Å². The van der Waals surface area contributed by atoms with Gasteiger partial charge < -0.3 is 10.6 Å². The summed E-state index contributed by atoms with van der Waals surface area (Å²) in [6, 6.07) is 10.1. The molecule has 2 aromatic carbocycles. The molecule has 0 saturated heterocycles. The van der Waals surface area contributed by atoms with Crippen molar-refractivity contribution in [3.63, 3.8) is 0 Å². The summed E-state index contributed by atoms with van der Waals surface area (Å²) in [6.07, 6.45) is -3.12. The van der Waals surface area contributed by atoms with Gasteiger partial charge in [0.25, 0.3) is 11.8 Å². The third kappa shape index (κ3) is 6.17. The molecule has 2 rings (SSSR count). The number of alkyl halides is 3. The zero-order chi connectivity index (χ0) is 21.4. The molecule has 0 fully saturated rings. The number of carbonyl (C=O) groups is 3. The lowest BCUT2D eigenvalue weighted by Gasteiger charge is -2.18. The van der Waals surface area contributed by atoms with Crippen LogP contribution in [0.15, 0.2) is 54.6 Å². The summed E-state index contributed by atoms with van der Waals surface area (Å²) in [5.41, 5.74) is -1.09. The van der Waals surface area contributed by atoms with E-state index in [2.05, 4.69) is 10.6 Å². The molecule has 0 aliphatic rings. The Balaban J connectivity index is 2.26. The summed E-state index contributed by atoms with van der Waals surface area (Å²) in [5.74, 6) is -2.32. The average Bonchev–Trinajstić information content (AvgIpc) is 2.71. The lowest BCUT2D eigenvalue weighted by molar-refractivity contribution is -0.137. The van der Waals surface area contributed by atoms with Gasteiger partial charge in [0.05, 0.1) is 5.56 Å². The topological polar surface area (TPSA) is 75.3 Å². The first-order valence-electron chi connectivity index (χ1n) is 9.09. The van der Waals surface area contributed by atoms with E-state index in [9.17, 15) is 27.6 Å². The Bertz CT molecular complexity index is 867. The van der Waals surface area contributed by atoms with Gasteiger partial charge >= 0.3 is 6.18 Å². The number of unbranched alkanes of at least 4 members (excludes halogenated alkanes) is 1. The van der Waals surface area contributed by atoms with Crippen LogP contribution in [0, 0.1) is 0 Å². The van der Waals surface area contributed by atoms with Gasteiger partial charge in [-0.05, 0) is 24.6 Å². The molecule has 0 spiro atoms. The summed E-state index contributed by atoms with van der Waals surface area (Å²) in [5, 5.41) is 4.84. The SMILES string of the molecule is CCCCNC(=O)C(NC(=O)c1cccc(C(F)(F)F)c1)C(=O)c1ccccc1. The number of nitrogens with one attached hydrogen (secondary N) is 2. The van der Waals surface area contributed by atoms with Crippen LogP contribution in [0.2, 0.25) is 0 Å². The Labute approximate surface area is 166 Å². The van der Waals surface area contributed by atoms with Crippen molar-refractivity contribution in [1.82, 2.24) is 10.6 Å². The highest BCUT2D eigenvalue weighted by molar-refractivity contribution is 6.16. The lowest BCUT2D eigenvalue weighted by atomic mass is 10.0. The van der Waals surface area contributed by atoms with E-state index in [-0.39, 0.29) is 11.1 Å². The zero-order valence-corrected chi connectivity index (χ0v) is 15.8. The van der Waals surface area contributed by atoms with Crippen LogP contribution in [0.1, 0.15) is 46.0 Å². The minimum Gasteiger partial charge on any atom is -0.354 e. The molecule has 0 heterocycles. The Kier molecular flexibility index (Phi) is 7.52. The minimum absolute atomic E-state index is 0.201. The number of hydrogen-bond acceptors (Lipinski definition) is 3. The Morgan fingerprint density at radius 1 is 0.966 bits per heavy atom. The number of carbonyl (C=O) groups excluding carboxylic acids is 3. The van der Waals surface area contributed by atoms with Gasteiger partial charge in [0.2, 0.25) is 0 Å². The predicted molar refractivity (Wildman–Crippen MR) is 101 cm³/mol. The molecule has 2 N–H and O–H groups in total. The predicted octanol–water partition coefficient (Wildman–Crippen LogP) is 3.60. The maximum absolute atomic E-state index is 12.9. The number of rotatable bonds is 8. The van der Waals surface area contributed by atoms with Crippen molar-refractivity contribution in [2.45, 2.75) is 32.0 Å². The summed E-state index contributed by atoms with van der Waals surface area (Å²) in [6.45, 7) is 2.24. The first kappa shape index (κ1) is 22.1. The van der Waals surface area contributed by atoms with Gasteiger partial charge in [-0.2, -0.15) is 13.2 Å². The number of benzene rings is 2. The molecule has 1 atom stereocenters. The summed E-state index contributed by atoms with van der Waals surface area (Å²) in [4.78, 5) is 37.7. The highest BCUT2D eigenvalue weighted by atomic mass is 19.4. The summed E-state index contributed by atoms with van der Waals surface area (Å²) in [7, 11) is 0. The van der Waals surface area contributed by atoms with Crippen LogP contribution in [0.25, 0.3) is 0 Å². The maximum atomic E-state index is 12.9. The molecule has 154 valence electrons. The minimum atomic E-state index is -4.62. The van der Waals surface area contributed by atoms with E-state index in [4.69, 9.17) is 0 Å². The quantitative estimate of drug-likeness (QED) is 0.400. The van der Waals surface area contributed by atoms with Gasteiger partial charge in [0, 0.05) is 17.7 Å². The largest absolute Gasteiger partial charge is 0.416 e. The van der Waals surface area contributed by atoms with E-state index in [0.29, 0.717) is 19.0 Å². The monoisotopic (exact) mass is 406 g/mol. The number of hydrogen-bond donors (Lipinski definition) is 2. The van der Waals surface area contributed by atoms with Gasteiger partial charge in [-0.1, -0.05) is 49.7 Å². The van der Waals surface area contributed by atoms with Crippen molar-refractivity contribution >= 4 is 17.6 Å². The van der Waals surface area contributed by atoms with Gasteiger partial charge in [-0.15, -0.1) is 0 Å². The second-order valence-electron chi connectivity index (χ2n) is 6.36. The van der Waals surface area contributed by atoms with Crippen molar-refractivity contribution in [2.24, 2.45) is 0 Å². The first-order valence-corrected chi connectivity index (χ1v) is 9.09. The Morgan fingerprint density at radius 2 is 1.62 bits per heavy atom. The fraction of sp³-hybridized carbons (Fsp3) is 0.286. The fourth-order valence-electron chi connectivity index (χ4n) is 2.56. The van der Waals surface area contributed by atoms with E-state index in [1.807, 2.05) is 6.92 Å². The van der Waals surface area contributed by atoms with Gasteiger partial charge in [0.15, 0.2) is 11.8 Å². The van der Waals surface area contributed by atoms with Gasteiger partial charge in [-0.25, -0.2) is 0 Å². The fourth-order valence-corrected chi connectivity index (χ4v) is 2.56. The lowest BCUT2D eigenvalue weighted by Crippen LogP contribution is -2.51. The molecule has 2 amide bonds. The Morgan fingerprint density at radius 3 is 2.24 bits per heavy atom. The normalized spacial score (nSPS) is 12.1. The highest BCUT2D eigenvalue weighted by Crippen LogP contribution is 2.29. The molecule has 8 heteroatoms. The van der Waals surface area contributed by atoms with E-state index in [1.165, 1.54) is 18.2 Å². The Hall–Kier alpha value is -3.16. The maximum Gasteiger partial charge on any atom is 0.416 e. The molecule has 29 heavy (non-hydrogen) atoms. The molecular formula is C21H21F3N2O3. The molecule has 0 radical (unpaired) electrons. The number of Topliss-reactive ketones (excluding diaryl/α,β-unsaturated/α-hetero) is 1. The van der Waals surface area contributed by atoms with Crippen LogP contribution < -0.4 is 10.6 Å². The smallest absolute Gasteiger partial charge is 0.354 e. The van der Waals surface area contributed by atoms with E-state index in [1.54, 1.807) is 18.2 Å². The first-order chi connectivity index (χ1) is 13.7. The standard InChI is InChI=1S/C21H21F3N2O3/c1-2-3-12-25-20(29)17(18(27)14-8-5-4-6-9-14)26-19(28)15-10-7-11-16(13-15)21(22,23)24/h4-11,13,17H,2-3,12H2,1H3,(H,25,29)(H,26,28). The van der Waals surface area contributed by atoms with Crippen molar-refractivity contribution in [1.29, 1.82) is 0 Å². The van der Waals surface area contributed by atoms with Crippen LogP contribution >= 0.6 is 0 Å². The molecule has 0 aliphatic heterocycles. The molecule has 0 bridgehead atoms. The van der Waals surface area contributed by atoms with Crippen molar-refractivity contribution in [3.8, 4) is 0 Å². The van der Waals surface area contributed by atoms with Gasteiger partial charge in [0.1, 0.15) is 0 Å². The highest BCUT2D eigenvalue weighted by Gasteiger charge is 2.32. The third-order valence-electron chi connectivity index (χ3n) is 4.14. The number of halogens is 3. The molecule has 1 unspecified atom stereocenters. The van der Waals surface area contributed by atoms with Crippen molar-refractivity contribution < 1.29 is 27.6 Å². The van der Waals surface area contributed by atoms with E-state index in [0.717, 1.165) is 18.6 Å². The molecule has 0 saturated carbocycles. The molecule has 0 aliphatic carbocycles. The molecular weight excluding hydrogens is 385 g/mol. The van der Waals surface area contributed by atoms with E-state index >= 15 is 0 Å². The van der Waals surface area contributed by atoms with Crippen LogP contribution in [-0.4, -0.2) is 30.2 Å². The summed E-state index contributed by atoms with van der Waals surface area (Å²) >= 11 is 0. The number of amides is 2. The van der Waals surface area contributed by atoms with Crippen LogP contribution in [0.3, 0.4) is 0 Å². The molecule has 0 aromatic heterocycles. The third-order valence-corrected chi connectivity index (χ3v) is 4.14. The van der Waals surface area contributed by atoms with Crippen molar-refractivity contribution in [2.75, 3.05) is 6.54 Å². The van der Waals surface area contributed by atoms with Crippen LogP contribution in [0.4, 0.5) is 13.2 Å². The molecule has 2 aromatic rings. The van der Waals surface area contributed by atoms with E-state index < -0.39 is 35.4 Å². The van der Waals surface area contributed by atoms with Gasteiger partial charge in [-0.3, -0.25) is 14.4 Å². The second-order valence-corrected chi connectivity index (χ2v) is 6.36. The zero-order valence-electron chi connectivity index (χ0n) is 15.8. The van der Waals surface area contributed by atoms with Crippen LogP contribution in [-0.2, 0) is 11.0 Å². The van der Waals surface area contributed by atoms with Crippen molar-refractivity contribution in [3.05, 3.63) is 71.3 Å².